The molecule has 0 atom stereocenters. The number of urea groups is 1. The molecule has 2 N–H and O–H groups in total. The molecule has 0 spiro atoms. The Balaban J connectivity index is 1.49. The topological polar surface area (TPSA) is 79.6 Å². The summed E-state index contributed by atoms with van der Waals surface area (Å²) in [6.45, 7) is 2.88. The Kier molecular flexibility index (Phi) is 8.05. The Hall–Kier alpha value is -3.16. The van der Waals surface area contributed by atoms with Gasteiger partial charge in [0.15, 0.2) is 0 Å². The number of anilines is 1. The molecular formula is C27H30F4N4O2. The molecule has 1 aliphatic carbocycles. The molecule has 198 valence electrons. The van der Waals surface area contributed by atoms with E-state index >= 15 is 0 Å². The summed E-state index contributed by atoms with van der Waals surface area (Å²) in [6.07, 6.45) is -1.00. The van der Waals surface area contributed by atoms with Crippen LogP contribution in [0.2, 0.25) is 0 Å². The molecule has 1 saturated carbocycles. The molecule has 2 aliphatic rings. The van der Waals surface area contributed by atoms with Gasteiger partial charge in [-0.3, -0.25) is 0 Å². The number of likely N-dealkylation sites (tertiary alicyclic amines) is 1. The van der Waals surface area contributed by atoms with E-state index in [1.807, 2.05) is 0 Å². The number of hydrogen-bond acceptors (Lipinski definition) is 4. The van der Waals surface area contributed by atoms with Crippen LogP contribution in [0.3, 0.4) is 0 Å². The number of alkyl halides is 3. The Morgan fingerprint density at radius 2 is 1.86 bits per heavy atom. The standard InChI is InChI=1S/C27H30F4N4O2/c28-24-7-6-21(17-23(24)27(29,30)31)33-25(36)35(15-14-34-12-1-2-13-34)22-8-10-26(37,11-9-22)20-5-3-4-19(16-20)18-32/h3-7,16-17,22,37H,1-2,8-15H2,(H,33,36). The molecule has 37 heavy (non-hydrogen) atoms. The van der Waals surface area contributed by atoms with Crippen molar-refractivity contribution in [3.63, 3.8) is 0 Å². The third-order valence-electron chi connectivity index (χ3n) is 7.39. The summed E-state index contributed by atoms with van der Waals surface area (Å²) in [4.78, 5) is 17.2. The van der Waals surface area contributed by atoms with E-state index in [0.717, 1.165) is 32.0 Å². The Bertz CT molecular complexity index is 1150. The molecule has 0 radical (unpaired) electrons. The summed E-state index contributed by atoms with van der Waals surface area (Å²) >= 11 is 0. The number of nitrogens with zero attached hydrogens (tertiary/aromatic N) is 3. The zero-order valence-corrected chi connectivity index (χ0v) is 20.4. The van der Waals surface area contributed by atoms with Crippen molar-refractivity contribution in [3.05, 3.63) is 65.0 Å². The van der Waals surface area contributed by atoms with Gasteiger partial charge in [0.05, 0.1) is 22.8 Å². The fraction of sp³-hybridized carbons (Fsp3) is 0.481. The molecule has 1 heterocycles. The normalized spacial score (nSPS) is 22.4. The first-order valence-electron chi connectivity index (χ1n) is 12.5. The number of aliphatic hydroxyl groups is 1. The molecular weight excluding hydrogens is 488 g/mol. The van der Waals surface area contributed by atoms with Gasteiger partial charge in [0.1, 0.15) is 5.82 Å². The van der Waals surface area contributed by atoms with Crippen LogP contribution in [-0.4, -0.2) is 53.2 Å². The molecule has 2 aromatic carbocycles. The minimum atomic E-state index is -4.88. The summed E-state index contributed by atoms with van der Waals surface area (Å²) in [7, 11) is 0. The molecule has 2 fully saturated rings. The molecule has 0 bridgehead atoms. The number of hydrogen-bond donors (Lipinski definition) is 2. The van der Waals surface area contributed by atoms with Crippen LogP contribution >= 0.6 is 0 Å². The van der Waals surface area contributed by atoms with Gasteiger partial charge >= 0.3 is 12.2 Å². The van der Waals surface area contributed by atoms with Crippen LogP contribution in [0.4, 0.5) is 28.0 Å². The monoisotopic (exact) mass is 518 g/mol. The van der Waals surface area contributed by atoms with Gasteiger partial charge in [0, 0.05) is 24.8 Å². The summed E-state index contributed by atoms with van der Waals surface area (Å²) in [6, 6.07) is 10.6. The van der Waals surface area contributed by atoms with E-state index in [9.17, 15) is 32.7 Å². The molecule has 0 aromatic heterocycles. The minimum Gasteiger partial charge on any atom is -0.385 e. The largest absolute Gasteiger partial charge is 0.419 e. The van der Waals surface area contributed by atoms with Gasteiger partial charge in [-0.15, -0.1) is 0 Å². The number of nitrogens with one attached hydrogen (secondary N) is 1. The van der Waals surface area contributed by atoms with Crippen molar-refractivity contribution in [1.29, 1.82) is 5.26 Å². The van der Waals surface area contributed by atoms with E-state index in [2.05, 4.69) is 16.3 Å². The lowest BCUT2D eigenvalue weighted by Gasteiger charge is -2.41. The molecule has 2 amide bonds. The van der Waals surface area contributed by atoms with E-state index in [1.165, 1.54) is 0 Å². The Labute approximate surface area is 213 Å². The fourth-order valence-corrected chi connectivity index (χ4v) is 5.28. The molecule has 1 saturated heterocycles. The minimum absolute atomic E-state index is 0.134. The van der Waals surface area contributed by atoms with Gasteiger partial charge < -0.3 is 20.2 Å². The summed E-state index contributed by atoms with van der Waals surface area (Å²) in [5.74, 6) is -1.40. The van der Waals surface area contributed by atoms with E-state index in [1.54, 1.807) is 29.2 Å². The fourth-order valence-electron chi connectivity index (χ4n) is 5.28. The smallest absolute Gasteiger partial charge is 0.385 e. The number of carbonyl (C=O) groups is 1. The van der Waals surface area contributed by atoms with Gasteiger partial charge in [-0.25, -0.2) is 9.18 Å². The second kappa shape index (κ2) is 11.1. The van der Waals surface area contributed by atoms with Gasteiger partial charge in [-0.1, -0.05) is 12.1 Å². The number of rotatable bonds is 6. The van der Waals surface area contributed by atoms with Crippen LogP contribution < -0.4 is 5.32 Å². The van der Waals surface area contributed by atoms with Gasteiger partial charge in [0.2, 0.25) is 0 Å². The van der Waals surface area contributed by atoms with Crippen molar-refractivity contribution in [2.24, 2.45) is 0 Å². The SMILES string of the molecule is N#Cc1cccc(C2(O)CCC(N(CCN3CCCC3)C(=O)Nc3ccc(F)c(C(F)(F)F)c3)CC2)c1. The number of benzene rings is 2. The highest BCUT2D eigenvalue weighted by molar-refractivity contribution is 5.89. The first-order valence-corrected chi connectivity index (χ1v) is 12.5. The predicted octanol–water partition coefficient (Wildman–Crippen LogP) is 5.48. The molecule has 4 rings (SSSR count). The van der Waals surface area contributed by atoms with E-state index < -0.39 is 29.2 Å². The number of amides is 2. The quantitative estimate of drug-likeness (QED) is 0.497. The van der Waals surface area contributed by atoms with Crippen molar-refractivity contribution >= 4 is 11.7 Å². The van der Waals surface area contributed by atoms with Gasteiger partial charge in [-0.05, 0) is 87.5 Å². The first-order chi connectivity index (χ1) is 17.6. The third kappa shape index (κ3) is 6.40. The highest BCUT2D eigenvalue weighted by atomic mass is 19.4. The van der Waals surface area contributed by atoms with Crippen molar-refractivity contribution in [1.82, 2.24) is 9.80 Å². The zero-order valence-electron chi connectivity index (χ0n) is 20.4. The van der Waals surface area contributed by atoms with Gasteiger partial charge in [0.25, 0.3) is 0 Å². The number of halogens is 4. The van der Waals surface area contributed by atoms with Crippen molar-refractivity contribution in [3.8, 4) is 6.07 Å². The van der Waals surface area contributed by atoms with Crippen LogP contribution in [0.1, 0.15) is 55.2 Å². The third-order valence-corrected chi connectivity index (χ3v) is 7.39. The second-order valence-corrected chi connectivity index (χ2v) is 9.82. The van der Waals surface area contributed by atoms with E-state index in [-0.39, 0.29) is 11.7 Å². The average Bonchev–Trinajstić information content (AvgIpc) is 3.39. The maximum absolute atomic E-state index is 13.7. The second-order valence-electron chi connectivity index (χ2n) is 9.82. The number of carbonyl (C=O) groups excluding carboxylic acids is 1. The summed E-state index contributed by atoms with van der Waals surface area (Å²) in [5.41, 5.74) is -1.58. The van der Waals surface area contributed by atoms with Crippen molar-refractivity contribution in [2.45, 2.75) is 56.3 Å². The van der Waals surface area contributed by atoms with Crippen molar-refractivity contribution in [2.75, 3.05) is 31.5 Å². The van der Waals surface area contributed by atoms with Crippen molar-refractivity contribution < 1.29 is 27.5 Å². The Morgan fingerprint density at radius 3 is 2.51 bits per heavy atom. The van der Waals surface area contributed by atoms with Crippen LogP contribution in [0.15, 0.2) is 42.5 Å². The zero-order chi connectivity index (χ0) is 26.6. The lowest BCUT2D eigenvalue weighted by molar-refractivity contribution is -0.139. The molecule has 10 heteroatoms. The van der Waals surface area contributed by atoms with E-state index in [4.69, 9.17) is 0 Å². The highest BCUT2D eigenvalue weighted by Crippen LogP contribution is 2.39. The summed E-state index contributed by atoms with van der Waals surface area (Å²) in [5, 5.41) is 23.0. The van der Waals surface area contributed by atoms with Crippen LogP contribution in [0.25, 0.3) is 0 Å². The maximum Gasteiger partial charge on any atom is 0.419 e. The molecule has 6 nitrogen and oxygen atoms in total. The molecule has 2 aromatic rings. The average molecular weight is 519 g/mol. The summed E-state index contributed by atoms with van der Waals surface area (Å²) < 4.78 is 53.2. The molecule has 0 unspecified atom stereocenters. The lowest BCUT2D eigenvalue weighted by Crippen LogP contribution is -2.49. The van der Waals surface area contributed by atoms with E-state index in [0.29, 0.717) is 62.0 Å². The predicted molar refractivity (Wildman–Crippen MR) is 130 cm³/mol. The van der Waals surface area contributed by atoms with Crippen LogP contribution in [0, 0.1) is 17.1 Å². The lowest BCUT2D eigenvalue weighted by atomic mass is 9.77. The highest BCUT2D eigenvalue weighted by Gasteiger charge is 2.39. The maximum atomic E-state index is 13.7. The van der Waals surface area contributed by atoms with Crippen LogP contribution in [-0.2, 0) is 11.8 Å². The molecule has 1 aliphatic heterocycles. The van der Waals surface area contributed by atoms with Crippen LogP contribution in [0.5, 0.6) is 0 Å². The Morgan fingerprint density at radius 1 is 1.16 bits per heavy atom. The number of nitriles is 1. The van der Waals surface area contributed by atoms with Gasteiger partial charge in [-0.2, -0.15) is 18.4 Å². The first kappa shape index (κ1) is 26.9.